The van der Waals surface area contributed by atoms with Crippen molar-refractivity contribution in [1.82, 2.24) is 0 Å². The zero-order valence-electron chi connectivity index (χ0n) is 16.1. The molecule has 4 rings (SSSR count). The molecule has 1 aromatic heterocycles. The zero-order chi connectivity index (χ0) is 20.8. The molecule has 0 atom stereocenters. The molecule has 8 nitrogen and oxygen atoms in total. The standard InChI is InChI=1S/C20H19NO7S/c1-25-17-5-4-12-8-16-14-10-18(26-2)19(28-29(22,23)24)9-13(14)6-7-21(16)11-15(12)20(17)27-3/h4-5,8-11H,6-7H2,1-3H3. The number of hydrogen-bond acceptors (Lipinski definition) is 7. The summed E-state index contributed by atoms with van der Waals surface area (Å²) >= 11 is 0. The number of ether oxygens (including phenoxy) is 3. The minimum atomic E-state index is -4.90. The fourth-order valence-electron chi connectivity index (χ4n) is 3.72. The van der Waals surface area contributed by atoms with E-state index in [1.165, 1.54) is 7.11 Å². The van der Waals surface area contributed by atoms with Gasteiger partial charge in [-0.3, -0.25) is 0 Å². The highest BCUT2D eigenvalue weighted by Gasteiger charge is 2.27. The molecule has 9 heteroatoms. The zero-order valence-corrected chi connectivity index (χ0v) is 16.9. The van der Waals surface area contributed by atoms with Crippen molar-refractivity contribution in [3.05, 3.63) is 42.1 Å². The molecule has 0 radical (unpaired) electrons. The van der Waals surface area contributed by atoms with Crippen LogP contribution in [0.5, 0.6) is 23.0 Å². The largest absolute Gasteiger partial charge is 0.716 e. The van der Waals surface area contributed by atoms with Crippen molar-refractivity contribution < 1.29 is 35.9 Å². The van der Waals surface area contributed by atoms with Crippen LogP contribution in [-0.4, -0.2) is 34.3 Å². The summed E-state index contributed by atoms with van der Waals surface area (Å²) in [7, 11) is -0.311. The van der Waals surface area contributed by atoms with E-state index in [2.05, 4.69) is 8.75 Å². The summed E-state index contributed by atoms with van der Waals surface area (Å²) in [6, 6.07) is 9.06. The van der Waals surface area contributed by atoms with Crippen LogP contribution < -0.4 is 23.0 Å². The molecule has 0 N–H and O–H groups in total. The molecule has 152 valence electrons. The van der Waals surface area contributed by atoms with Crippen LogP contribution in [0.4, 0.5) is 0 Å². The molecular formula is C20H19NO7S. The predicted octanol–water partition coefficient (Wildman–Crippen LogP) is 2.22. The van der Waals surface area contributed by atoms with Gasteiger partial charge in [0.1, 0.15) is 0 Å². The Hall–Kier alpha value is -3.04. The first kappa shape index (κ1) is 19.3. The molecule has 0 fully saturated rings. The highest BCUT2D eigenvalue weighted by Crippen LogP contribution is 2.40. The lowest BCUT2D eigenvalue weighted by molar-refractivity contribution is -0.686. The molecule has 0 amide bonds. The van der Waals surface area contributed by atoms with Crippen molar-refractivity contribution in [3.8, 4) is 34.3 Å². The van der Waals surface area contributed by atoms with Crippen LogP contribution in [0.25, 0.3) is 22.0 Å². The van der Waals surface area contributed by atoms with Gasteiger partial charge in [0.05, 0.1) is 32.3 Å². The number of benzene rings is 2. The number of aryl methyl sites for hydroxylation is 2. The number of fused-ring (bicyclic) bond motifs is 4. The van der Waals surface area contributed by atoms with Crippen molar-refractivity contribution in [3.63, 3.8) is 0 Å². The first-order valence-corrected chi connectivity index (χ1v) is 10.1. The Balaban J connectivity index is 1.91. The lowest BCUT2D eigenvalue weighted by atomic mass is 9.95. The Bertz CT molecular complexity index is 1220. The third kappa shape index (κ3) is 3.43. The van der Waals surface area contributed by atoms with E-state index < -0.39 is 10.4 Å². The fourth-order valence-corrected chi connectivity index (χ4v) is 4.07. The third-order valence-corrected chi connectivity index (χ3v) is 5.37. The molecule has 0 spiro atoms. The SMILES string of the molecule is COc1cc2c(cc1OS(=O)(=O)[O-])CC[n+]1cc3c(OC)c(OC)ccc3cc1-2. The van der Waals surface area contributed by atoms with Gasteiger partial charge in [-0.05, 0) is 35.2 Å². The average molecular weight is 417 g/mol. The van der Waals surface area contributed by atoms with Crippen LogP contribution in [0, 0.1) is 0 Å². The van der Waals surface area contributed by atoms with E-state index >= 15 is 0 Å². The van der Waals surface area contributed by atoms with Gasteiger partial charge in [0, 0.05) is 12.5 Å². The van der Waals surface area contributed by atoms with E-state index in [-0.39, 0.29) is 11.5 Å². The topological polar surface area (TPSA) is 98.0 Å². The van der Waals surface area contributed by atoms with Crippen LogP contribution in [0.3, 0.4) is 0 Å². The summed E-state index contributed by atoms with van der Waals surface area (Å²) < 4.78 is 55.9. The second kappa shape index (κ2) is 7.09. The molecule has 2 aromatic carbocycles. The second-order valence-electron chi connectivity index (χ2n) is 6.56. The Kier molecular flexibility index (Phi) is 4.71. The third-order valence-electron chi connectivity index (χ3n) is 4.98. The number of nitrogens with zero attached hydrogens (tertiary/aromatic N) is 1. The van der Waals surface area contributed by atoms with Gasteiger partial charge in [0.25, 0.3) is 10.4 Å². The van der Waals surface area contributed by atoms with Gasteiger partial charge in [0.15, 0.2) is 35.7 Å². The number of pyridine rings is 1. The maximum Gasteiger partial charge on any atom is 0.262 e. The molecule has 2 heterocycles. The maximum absolute atomic E-state index is 11.0. The lowest BCUT2D eigenvalue weighted by Gasteiger charge is -2.20. The highest BCUT2D eigenvalue weighted by atomic mass is 32.3. The van der Waals surface area contributed by atoms with Crippen molar-refractivity contribution in [2.45, 2.75) is 13.0 Å². The summed E-state index contributed by atoms with van der Waals surface area (Å²) in [5.41, 5.74) is 2.67. The van der Waals surface area contributed by atoms with Crippen LogP contribution in [-0.2, 0) is 23.4 Å². The van der Waals surface area contributed by atoms with E-state index in [9.17, 15) is 13.0 Å². The Morgan fingerprint density at radius 3 is 2.38 bits per heavy atom. The average Bonchev–Trinajstić information content (AvgIpc) is 2.69. The molecular weight excluding hydrogens is 398 g/mol. The van der Waals surface area contributed by atoms with Crippen molar-refractivity contribution in [2.24, 2.45) is 0 Å². The molecule has 1 aliphatic rings. The van der Waals surface area contributed by atoms with Crippen LogP contribution in [0.15, 0.2) is 36.5 Å². The Morgan fingerprint density at radius 2 is 1.72 bits per heavy atom. The summed E-state index contributed by atoms with van der Waals surface area (Å²) in [5, 5.41) is 1.88. The minimum absolute atomic E-state index is 0.109. The van der Waals surface area contributed by atoms with Crippen molar-refractivity contribution >= 4 is 21.2 Å². The van der Waals surface area contributed by atoms with Gasteiger partial charge < -0.3 is 22.9 Å². The molecule has 1 aliphatic heterocycles. The Morgan fingerprint density at radius 1 is 0.966 bits per heavy atom. The number of hydrogen-bond donors (Lipinski definition) is 0. The summed E-state index contributed by atoms with van der Waals surface area (Å²) in [6.45, 7) is 0.661. The Labute approximate surface area is 168 Å². The van der Waals surface area contributed by atoms with E-state index in [0.717, 1.165) is 27.6 Å². The number of aromatic nitrogens is 1. The van der Waals surface area contributed by atoms with Crippen molar-refractivity contribution in [1.29, 1.82) is 0 Å². The molecule has 0 bridgehead atoms. The van der Waals surface area contributed by atoms with Gasteiger partial charge in [-0.1, -0.05) is 0 Å². The van der Waals surface area contributed by atoms with Crippen molar-refractivity contribution in [2.75, 3.05) is 21.3 Å². The monoisotopic (exact) mass is 417 g/mol. The van der Waals surface area contributed by atoms with Crippen LogP contribution >= 0.6 is 0 Å². The number of methoxy groups -OCH3 is 3. The van der Waals surface area contributed by atoms with Gasteiger partial charge >= 0.3 is 0 Å². The second-order valence-corrected chi connectivity index (χ2v) is 7.54. The first-order valence-electron chi connectivity index (χ1n) is 8.79. The lowest BCUT2D eigenvalue weighted by Crippen LogP contribution is -2.40. The van der Waals surface area contributed by atoms with Gasteiger partial charge in [-0.2, -0.15) is 4.57 Å². The summed E-state index contributed by atoms with van der Waals surface area (Å²) in [4.78, 5) is 0. The van der Waals surface area contributed by atoms with E-state index in [1.807, 2.05) is 24.4 Å². The molecule has 3 aromatic rings. The minimum Gasteiger partial charge on any atom is -0.716 e. The molecule has 0 saturated carbocycles. The molecule has 29 heavy (non-hydrogen) atoms. The molecule has 0 unspecified atom stereocenters. The quantitative estimate of drug-likeness (QED) is 0.357. The van der Waals surface area contributed by atoms with E-state index in [4.69, 9.17) is 14.2 Å². The van der Waals surface area contributed by atoms with Gasteiger partial charge in [0.2, 0.25) is 5.69 Å². The van der Waals surface area contributed by atoms with E-state index in [0.29, 0.717) is 24.5 Å². The van der Waals surface area contributed by atoms with Gasteiger partial charge in [-0.25, -0.2) is 8.42 Å². The van der Waals surface area contributed by atoms with Gasteiger partial charge in [-0.15, -0.1) is 0 Å². The van der Waals surface area contributed by atoms with E-state index in [1.54, 1.807) is 26.4 Å². The fraction of sp³-hybridized carbons (Fsp3) is 0.250. The van der Waals surface area contributed by atoms with Crippen LogP contribution in [0.1, 0.15) is 5.56 Å². The first-order chi connectivity index (χ1) is 13.8. The summed E-state index contributed by atoms with van der Waals surface area (Å²) in [5.74, 6) is 1.37. The predicted molar refractivity (Wildman–Crippen MR) is 103 cm³/mol. The smallest absolute Gasteiger partial charge is 0.262 e. The normalized spacial score (nSPS) is 12.8. The molecule has 0 aliphatic carbocycles. The number of rotatable bonds is 5. The summed E-state index contributed by atoms with van der Waals surface area (Å²) in [6.07, 6.45) is 2.64. The molecule has 0 saturated heterocycles. The highest BCUT2D eigenvalue weighted by molar-refractivity contribution is 7.81. The van der Waals surface area contributed by atoms with Crippen LogP contribution in [0.2, 0.25) is 0 Å². The maximum atomic E-state index is 11.0.